The van der Waals surface area contributed by atoms with Gasteiger partial charge in [-0.05, 0) is 44.0 Å². The molecule has 1 aliphatic heterocycles. The van der Waals surface area contributed by atoms with Crippen LogP contribution in [0.4, 0.5) is 0 Å². The number of nitrogens with one attached hydrogen (secondary N) is 1. The first kappa shape index (κ1) is 11.0. The van der Waals surface area contributed by atoms with Crippen molar-refractivity contribution in [3.63, 3.8) is 0 Å². The zero-order valence-electron chi connectivity index (χ0n) is 9.14. The molecule has 0 spiro atoms. The summed E-state index contributed by atoms with van der Waals surface area (Å²) in [5.74, 6) is 1.03. The smallest absolute Gasteiger partial charge is 0.126 e. The lowest BCUT2D eigenvalue weighted by Crippen LogP contribution is -2.14. The molecule has 0 bridgehead atoms. The highest BCUT2D eigenvalue weighted by molar-refractivity contribution is 9.10. The van der Waals surface area contributed by atoms with Crippen LogP contribution in [0.2, 0.25) is 0 Å². The summed E-state index contributed by atoms with van der Waals surface area (Å²) in [5, 5.41) is 3.50. The molecule has 1 fully saturated rings. The third-order valence-electron chi connectivity index (χ3n) is 2.91. The van der Waals surface area contributed by atoms with Gasteiger partial charge >= 0.3 is 0 Å². The Morgan fingerprint density at radius 2 is 2.27 bits per heavy atom. The van der Waals surface area contributed by atoms with E-state index < -0.39 is 0 Å². The second-order valence-corrected chi connectivity index (χ2v) is 4.91. The van der Waals surface area contributed by atoms with Crippen LogP contribution in [0, 0.1) is 6.92 Å². The molecule has 1 aliphatic rings. The van der Waals surface area contributed by atoms with Crippen molar-refractivity contribution in [2.45, 2.75) is 25.8 Å². The van der Waals surface area contributed by atoms with Gasteiger partial charge in [0.05, 0.1) is 7.11 Å². The minimum absolute atomic E-state index is 0.455. The summed E-state index contributed by atoms with van der Waals surface area (Å²) in [5.41, 5.74) is 2.47. The van der Waals surface area contributed by atoms with E-state index in [0.29, 0.717) is 6.04 Å². The first-order valence-corrected chi connectivity index (χ1v) is 6.09. The van der Waals surface area contributed by atoms with Crippen molar-refractivity contribution in [3.8, 4) is 5.75 Å². The van der Waals surface area contributed by atoms with Crippen LogP contribution in [0.5, 0.6) is 5.75 Å². The zero-order chi connectivity index (χ0) is 10.8. The van der Waals surface area contributed by atoms with Gasteiger partial charge in [0.2, 0.25) is 0 Å². The number of hydrogen-bond acceptors (Lipinski definition) is 2. The van der Waals surface area contributed by atoms with E-state index in [1.807, 2.05) is 0 Å². The molecule has 0 aromatic heterocycles. The van der Waals surface area contributed by atoms with E-state index in [9.17, 15) is 0 Å². The molecule has 2 nitrogen and oxygen atoms in total. The molecule has 15 heavy (non-hydrogen) atoms. The Hall–Kier alpha value is -0.540. The van der Waals surface area contributed by atoms with Crippen LogP contribution in [0.3, 0.4) is 0 Å². The fourth-order valence-electron chi connectivity index (χ4n) is 2.24. The molecule has 1 N–H and O–H groups in total. The highest BCUT2D eigenvalue weighted by Crippen LogP contribution is 2.35. The molecule has 0 amide bonds. The number of halogens is 1. The van der Waals surface area contributed by atoms with Crippen molar-refractivity contribution in [2.24, 2.45) is 0 Å². The van der Waals surface area contributed by atoms with Crippen LogP contribution in [0.25, 0.3) is 0 Å². The predicted octanol–water partition coefficient (Wildman–Crippen LogP) is 3.19. The minimum atomic E-state index is 0.455. The number of hydrogen-bond donors (Lipinski definition) is 1. The van der Waals surface area contributed by atoms with Crippen LogP contribution in [-0.4, -0.2) is 13.7 Å². The van der Waals surface area contributed by atoms with Crippen LogP contribution in [0.1, 0.15) is 30.0 Å². The number of methoxy groups -OCH3 is 1. The predicted molar refractivity (Wildman–Crippen MR) is 65.4 cm³/mol. The summed E-state index contributed by atoms with van der Waals surface area (Å²) in [4.78, 5) is 0. The first-order chi connectivity index (χ1) is 7.22. The highest BCUT2D eigenvalue weighted by Gasteiger charge is 2.21. The zero-order valence-corrected chi connectivity index (χ0v) is 10.7. The topological polar surface area (TPSA) is 21.3 Å². The second kappa shape index (κ2) is 4.54. The maximum Gasteiger partial charge on any atom is 0.126 e. The Labute approximate surface area is 99.1 Å². The average molecular weight is 270 g/mol. The maximum absolute atomic E-state index is 5.48. The van der Waals surface area contributed by atoms with Crippen LogP contribution < -0.4 is 10.1 Å². The standard InChI is InChI=1S/C12H16BrNO/c1-8-6-9(13)7-10(12(8)15-2)11-4-3-5-14-11/h6-7,11,14H,3-5H2,1-2H3. The average Bonchev–Trinajstić information content (AvgIpc) is 2.69. The van der Waals surface area contributed by atoms with E-state index in [0.717, 1.165) is 16.8 Å². The van der Waals surface area contributed by atoms with Crippen LogP contribution >= 0.6 is 15.9 Å². The molecule has 0 saturated carbocycles. The van der Waals surface area contributed by atoms with Crippen molar-refractivity contribution in [1.29, 1.82) is 0 Å². The molecular weight excluding hydrogens is 254 g/mol. The maximum atomic E-state index is 5.48. The van der Waals surface area contributed by atoms with Crippen LogP contribution in [-0.2, 0) is 0 Å². The summed E-state index contributed by atoms with van der Waals surface area (Å²) < 4.78 is 6.61. The molecule has 0 aliphatic carbocycles. The van der Waals surface area contributed by atoms with Crippen molar-refractivity contribution in [2.75, 3.05) is 13.7 Å². The summed E-state index contributed by atoms with van der Waals surface area (Å²) in [6.45, 7) is 3.20. The number of ether oxygens (including phenoxy) is 1. The first-order valence-electron chi connectivity index (χ1n) is 5.30. The van der Waals surface area contributed by atoms with E-state index in [1.54, 1.807) is 7.11 Å². The molecule has 3 heteroatoms. The Bertz CT molecular complexity index is 359. The Kier molecular flexibility index (Phi) is 3.32. The molecule has 82 valence electrons. The van der Waals surface area contributed by atoms with E-state index in [-0.39, 0.29) is 0 Å². The molecular formula is C12H16BrNO. The van der Waals surface area contributed by atoms with Crippen molar-refractivity contribution in [3.05, 3.63) is 27.7 Å². The van der Waals surface area contributed by atoms with Crippen LogP contribution in [0.15, 0.2) is 16.6 Å². The summed E-state index contributed by atoms with van der Waals surface area (Å²) in [6.07, 6.45) is 2.45. The molecule has 1 heterocycles. The van der Waals surface area contributed by atoms with E-state index in [2.05, 4.69) is 40.3 Å². The van der Waals surface area contributed by atoms with Crippen molar-refractivity contribution < 1.29 is 4.74 Å². The number of benzene rings is 1. The molecule has 0 radical (unpaired) electrons. The second-order valence-electron chi connectivity index (χ2n) is 3.99. The van der Waals surface area contributed by atoms with Gasteiger partial charge in [-0.2, -0.15) is 0 Å². The lowest BCUT2D eigenvalue weighted by molar-refractivity contribution is 0.400. The third kappa shape index (κ3) is 2.18. The largest absolute Gasteiger partial charge is 0.496 e. The van der Waals surface area contributed by atoms with Gasteiger partial charge < -0.3 is 10.1 Å². The fraction of sp³-hybridized carbons (Fsp3) is 0.500. The van der Waals surface area contributed by atoms with E-state index in [1.165, 1.54) is 24.0 Å². The molecule has 1 saturated heterocycles. The van der Waals surface area contributed by atoms with E-state index in [4.69, 9.17) is 4.74 Å². The number of rotatable bonds is 2. The number of aryl methyl sites for hydroxylation is 1. The Balaban J connectivity index is 2.42. The van der Waals surface area contributed by atoms with Gasteiger partial charge in [-0.3, -0.25) is 0 Å². The van der Waals surface area contributed by atoms with Gasteiger partial charge in [-0.25, -0.2) is 0 Å². The minimum Gasteiger partial charge on any atom is -0.496 e. The third-order valence-corrected chi connectivity index (χ3v) is 3.37. The Morgan fingerprint density at radius 3 is 2.87 bits per heavy atom. The van der Waals surface area contributed by atoms with Gasteiger partial charge in [0, 0.05) is 16.1 Å². The normalized spacial score (nSPS) is 20.6. The summed E-state index contributed by atoms with van der Waals surface area (Å²) in [6, 6.07) is 4.71. The monoisotopic (exact) mass is 269 g/mol. The van der Waals surface area contributed by atoms with Gasteiger partial charge in [-0.15, -0.1) is 0 Å². The van der Waals surface area contributed by atoms with Gasteiger partial charge in [0.1, 0.15) is 5.75 Å². The quantitative estimate of drug-likeness (QED) is 0.891. The lowest BCUT2D eigenvalue weighted by Gasteiger charge is -2.17. The fourth-order valence-corrected chi connectivity index (χ4v) is 2.83. The molecule has 1 aromatic rings. The molecule has 2 rings (SSSR count). The lowest BCUT2D eigenvalue weighted by atomic mass is 10.0. The molecule has 1 atom stereocenters. The van der Waals surface area contributed by atoms with E-state index >= 15 is 0 Å². The highest BCUT2D eigenvalue weighted by atomic mass is 79.9. The van der Waals surface area contributed by atoms with Gasteiger partial charge in [0.25, 0.3) is 0 Å². The summed E-state index contributed by atoms with van der Waals surface area (Å²) in [7, 11) is 1.74. The Morgan fingerprint density at radius 1 is 1.47 bits per heavy atom. The molecule has 1 aromatic carbocycles. The molecule has 1 unspecified atom stereocenters. The van der Waals surface area contributed by atoms with Crippen molar-refractivity contribution in [1.82, 2.24) is 5.32 Å². The SMILES string of the molecule is COc1c(C)cc(Br)cc1C1CCCN1. The van der Waals surface area contributed by atoms with Gasteiger partial charge in [-0.1, -0.05) is 15.9 Å². The van der Waals surface area contributed by atoms with Gasteiger partial charge in [0.15, 0.2) is 0 Å². The summed E-state index contributed by atoms with van der Waals surface area (Å²) >= 11 is 3.54. The van der Waals surface area contributed by atoms with Crippen molar-refractivity contribution >= 4 is 15.9 Å².